The van der Waals surface area contributed by atoms with Crippen molar-refractivity contribution in [3.8, 4) is 0 Å². The Bertz CT molecular complexity index is 959. The number of nitrogens with one attached hydrogen (secondary N) is 1. The maximum Gasteiger partial charge on any atom is 0.257 e. The minimum Gasteiger partial charge on any atom is -0.378 e. The molecule has 3 heterocycles. The van der Waals surface area contributed by atoms with E-state index in [1.54, 1.807) is 18.6 Å². The average Bonchev–Trinajstić information content (AvgIpc) is 2.68. The van der Waals surface area contributed by atoms with E-state index in [1.807, 2.05) is 18.2 Å². The van der Waals surface area contributed by atoms with Crippen LogP contribution in [-0.4, -0.2) is 47.2 Å². The van der Waals surface area contributed by atoms with E-state index in [9.17, 15) is 4.79 Å². The minimum absolute atomic E-state index is 0.222. The van der Waals surface area contributed by atoms with Crippen LogP contribution in [0.25, 0.3) is 10.9 Å². The molecule has 0 aliphatic carbocycles. The topological polar surface area (TPSA) is 80.2 Å². The monoisotopic (exact) mass is 413 g/mol. The second-order valence-electron chi connectivity index (χ2n) is 5.87. The summed E-state index contributed by atoms with van der Waals surface area (Å²) in [7, 11) is 0. The molecule has 132 valence electrons. The van der Waals surface area contributed by atoms with Crippen LogP contribution in [0.1, 0.15) is 10.4 Å². The maximum atomic E-state index is 12.4. The first-order valence-electron chi connectivity index (χ1n) is 8.20. The number of carbonyl (C=O) groups is 1. The summed E-state index contributed by atoms with van der Waals surface area (Å²) in [6.07, 6.45) is 4.72. The lowest BCUT2D eigenvalue weighted by atomic mass is 10.2. The molecule has 1 fully saturated rings. The Morgan fingerprint density at radius 2 is 2.00 bits per heavy atom. The Hall–Kier alpha value is -2.58. The second-order valence-corrected chi connectivity index (χ2v) is 6.79. The number of nitrogens with zero attached hydrogens (tertiary/aromatic N) is 4. The van der Waals surface area contributed by atoms with Crippen molar-refractivity contribution in [3.63, 3.8) is 0 Å². The number of anilines is 2. The molecule has 1 aliphatic heterocycles. The molecule has 8 heteroatoms. The lowest BCUT2D eigenvalue weighted by Crippen LogP contribution is -2.36. The van der Waals surface area contributed by atoms with Crippen molar-refractivity contribution in [3.05, 3.63) is 53.0 Å². The molecule has 0 saturated carbocycles. The molecule has 2 aromatic heterocycles. The fourth-order valence-electron chi connectivity index (χ4n) is 2.89. The largest absolute Gasteiger partial charge is 0.378 e. The number of aromatic nitrogens is 3. The molecule has 3 aromatic rings. The Kier molecular flexibility index (Phi) is 4.77. The van der Waals surface area contributed by atoms with Crippen molar-refractivity contribution in [2.24, 2.45) is 0 Å². The fraction of sp³-hybridized carbons (Fsp3) is 0.222. The van der Waals surface area contributed by atoms with Crippen LogP contribution in [0.2, 0.25) is 0 Å². The van der Waals surface area contributed by atoms with E-state index in [0.29, 0.717) is 24.5 Å². The number of hydrogen-bond acceptors (Lipinski definition) is 6. The number of rotatable bonds is 3. The highest BCUT2D eigenvalue weighted by molar-refractivity contribution is 9.10. The lowest BCUT2D eigenvalue weighted by Gasteiger charge is -2.28. The van der Waals surface area contributed by atoms with Crippen LogP contribution in [0.3, 0.4) is 0 Å². The summed E-state index contributed by atoms with van der Waals surface area (Å²) in [5.74, 6) is 0.674. The van der Waals surface area contributed by atoms with Gasteiger partial charge in [0.05, 0.1) is 24.3 Å². The third-order valence-electron chi connectivity index (χ3n) is 4.15. The first-order valence-corrected chi connectivity index (χ1v) is 8.99. The number of pyridine rings is 1. The maximum absolute atomic E-state index is 12.4. The van der Waals surface area contributed by atoms with Gasteiger partial charge in [0.2, 0.25) is 0 Å². The first-order chi connectivity index (χ1) is 12.7. The minimum atomic E-state index is -0.222. The van der Waals surface area contributed by atoms with Crippen LogP contribution in [0.4, 0.5) is 11.5 Å². The average molecular weight is 414 g/mol. The third-order valence-corrected chi connectivity index (χ3v) is 4.58. The molecule has 0 unspecified atom stereocenters. The third kappa shape index (κ3) is 3.51. The van der Waals surface area contributed by atoms with Crippen molar-refractivity contribution in [1.29, 1.82) is 0 Å². The van der Waals surface area contributed by atoms with Crippen LogP contribution in [-0.2, 0) is 4.74 Å². The van der Waals surface area contributed by atoms with Gasteiger partial charge in [-0.15, -0.1) is 0 Å². The molecule has 7 nitrogen and oxygen atoms in total. The lowest BCUT2D eigenvalue weighted by molar-refractivity contribution is 0.102. The van der Waals surface area contributed by atoms with Gasteiger partial charge >= 0.3 is 0 Å². The summed E-state index contributed by atoms with van der Waals surface area (Å²) in [4.78, 5) is 27.4. The smallest absolute Gasteiger partial charge is 0.257 e. The molecule has 1 amide bonds. The van der Waals surface area contributed by atoms with E-state index >= 15 is 0 Å². The summed E-state index contributed by atoms with van der Waals surface area (Å²) >= 11 is 3.32. The van der Waals surface area contributed by atoms with Gasteiger partial charge in [-0.1, -0.05) is 0 Å². The van der Waals surface area contributed by atoms with E-state index < -0.39 is 0 Å². The predicted octanol–water partition coefficient (Wildman–Crippen LogP) is 2.88. The molecule has 0 atom stereocenters. The highest BCUT2D eigenvalue weighted by Gasteiger charge is 2.16. The van der Waals surface area contributed by atoms with Crippen LogP contribution < -0.4 is 10.2 Å². The first kappa shape index (κ1) is 16.9. The van der Waals surface area contributed by atoms with Gasteiger partial charge in [0.1, 0.15) is 12.1 Å². The molecule has 4 rings (SSSR count). The molecule has 0 spiro atoms. The van der Waals surface area contributed by atoms with Crippen molar-refractivity contribution in [2.45, 2.75) is 0 Å². The highest BCUT2D eigenvalue weighted by atomic mass is 79.9. The molecule has 0 bridgehead atoms. The van der Waals surface area contributed by atoms with Gasteiger partial charge in [0.15, 0.2) is 0 Å². The molecule has 1 aromatic carbocycles. The Morgan fingerprint density at radius 1 is 1.15 bits per heavy atom. The number of ether oxygens (including phenoxy) is 1. The SMILES string of the molecule is O=C(Nc1ccc2c(N3CCOCC3)ncnc2c1)c1cncc(Br)c1. The zero-order valence-electron chi connectivity index (χ0n) is 13.9. The van der Waals surface area contributed by atoms with Gasteiger partial charge in [-0.25, -0.2) is 9.97 Å². The van der Waals surface area contributed by atoms with E-state index in [-0.39, 0.29) is 5.91 Å². The van der Waals surface area contributed by atoms with Gasteiger partial charge in [0.25, 0.3) is 5.91 Å². The quantitative estimate of drug-likeness (QED) is 0.710. The van der Waals surface area contributed by atoms with Gasteiger partial charge in [0, 0.05) is 41.0 Å². The number of carbonyl (C=O) groups excluding carboxylic acids is 1. The van der Waals surface area contributed by atoms with E-state index in [4.69, 9.17) is 4.74 Å². The molecular formula is C18H16BrN5O2. The summed E-state index contributed by atoms with van der Waals surface area (Å²) in [5, 5.41) is 3.84. The highest BCUT2D eigenvalue weighted by Crippen LogP contribution is 2.26. The Labute approximate surface area is 158 Å². The van der Waals surface area contributed by atoms with Crippen molar-refractivity contribution < 1.29 is 9.53 Å². The molecular weight excluding hydrogens is 398 g/mol. The summed E-state index contributed by atoms with van der Waals surface area (Å²) in [6.45, 7) is 3.00. The van der Waals surface area contributed by atoms with Crippen LogP contribution >= 0.6 is 15.9 Å². The van der Waals surface area contributed by atoms with E-state index in [1.165, 1.54) is 6.20 Å². The molecule has 26 heavy (non-hydrogen) atoms. The van der Waals surface area contributed by atoms with Gasteiger partial charge in [-0.3, -0.25) is 9.78 Å². The van der Waals surface area contributed by atoms with E-state index in [2.05, 4.69) is 41.1 Å². The fourth-order valence-corrected chi connectivity index (χ4v) is 3.25. The predicted molar refractivity (Wildman–Crippen MR) is 102 cm³/mol. The van der Waals surface area contributed by atoms with Crippen LogP contribution in [0.15, 0.2) is 47.5 Å². The zero-order chi connectivity index (χ0) is 17.9. The standard InChI is InChI=1S/C18H16BrN5O2/c19-13-7-12(9-20-10-13)18(25)23-14-1-2-15-16(8-14)21-11-22-17(15)24-3-5-26-6-4-24/h1-2,7-11H,3-6H2,(H,23,25). The number of fused-ring (bicyclic) bond motifs is 1. The number of hydrogen-bond donors (Lipinski definition) is 1. The number of morpholine rings is 1. The van der Waals surface area contributed by atoms with Crippen LogP contribution in [0.5, 0.6) is 0 Å². The summed E-state index contributed by atoms with van der Waals surface area (Å²) < 4.78 is 6.16. The Balaban J connectivity index is 1.60. The molecule has 1 saturated heterocycles. The van der Waals surface area contributed by atoms with Crippen molar-refractivity contribution in [1.82, 2.24) is 15.0 Å². The van der Waals surface area contributed by atoms with E-state index in [0.717, 1.165) is 34.3 Å². The molecule has 1 N–H and O–H groups in total. The number of halogens is 1. The number of benzene rings is 1. The molecule has 0 radical (unpaired) electrons. The zero-order valence-corrected chi connectivity index (χ0v) is 15.4. The van der Waals surface area contributed by atoms with Gasteiger partial charge in [-0.05, 0) is 40.2 Å². The van der Waals surface area contributed by atoms with Crippen molar-refractivity contribution >= 4 is 44.2 Å². The Morgan fingerprint density at radius 3 is 2.81 bits per heavy atom. The normalized spacial score (nSPS) is 14.4. The summed E-state index contributed by atoms with van der Waals surface area (Å²) in [6, 6.07) is 7.38. The van der Waals surface area contributed by atoms with Gasteiger partial charge < -0.3 is 15.0 Å². The summed E-state index contributed by atoms with van der Waals surface area (Å²) in [5.41, 5.74) is 1.94. The number of amides is 1. The van der Waals surface area contributed by atoms with Gasteiger partial charge in [-0.2, -0.15) is 0 Å². The van der Waals surface area contributed by atoms with Crippen LogP contribution in [0, 0.1) is 0 Å². The second kappa shape index (κ2) is 7.35. The molecule has 1 aliphatic rings. The van der Waals surface area contributed by atoms with Crippen molar-refractivity contribution in [2.75, 3.05) is 36.5 Å².